The molecule has 8 heteroatoms. The van der Waals surface area contributed by atoms with Crippen molar-refractivity contribution in [2.45, 2.75) is 21.1 Å². The first-order chi connectivity index (χ1) is 15.7. The molecule has 0 bridgehead atoms. The molecule has 2 heterocycles. The van der Waals surface area contributed by atoms with Crippen LogP contribution in [0.1, 0.15) is 23.6 Å². The van der Waals surface area contributed by atoms with E-state index < -0.39 is 0 Å². The number of nitrogens with zero attached hydrogens (tertiary/aromatic N) is 4. The van der Waals surface area contributed by atoms with Gasteiger partial charge in [0.05, 0.1) is 17.5 Å². The Kier molecular flexibility index (Phi) is 6.25. The van der Waals surface area contributed by atoms with Crippen LogP contribution in [0.5, 0.6) is 0 Å². The van der Waals surface area contributed by atoms with E-state index in [0.717, 1.165) is 25.5 Å². The van der Waals surface area contributed by atoms with Gasteiger partial charge in [-0.15, -0.1) is 10.2 Å². The summed E-state index contributed by atoms with van der Waals surface area (Å²) < 4.78 is 1.71. The molecule has 1 aliphatic rings. The standard InChI is InChI=1S/C24H20N4OS3/c1-30-23-25-26-24(32-23)31-15-22(29)28-21(17-8-3-2-4-9-17)14-20(27-28)19-12-11-16-7-5-6-10-18(16)13-19/h2-13,21H,14-15H2,1H3. The largest absolute Gasteiger partial charge is 0.272 e. The zero-order chi connectivity index (χ0) is 21.9. The van der Waals surface area contributed by atoms with Crippen LogP contribution >= 0.6 is 34.9 Å². The van der Waals surface area contributed by atoms with Crippen molar-refractivity contribution >= 4 is 57.3 Å². The number of hydrazone groups is 1. The first kappa shape index (κ1) is 21.2. The molecule has 1 amide bonds. The molecule has 160 valence electrons. The predicted octanol–water partition coefficient (Wildman–Crippen LogP) is 5.88. The van der Waals surface area contributed by atoms with Crippen molar-refractivity contribution in [1.29, 1.82) is 0 Å². The van der Waals surface area contributed by atoms with Crippen molar-refractivity contribution in [1.82, 2.24) is 15.2 Å². The Hall–Kier alpha value is -2.68. The molecule has 0 spiro atoms. The SMILES string of the molecule is CSc1nnc(SCC(=O)N2N=C(c3ccc4ccccc4c3)CC2c2ccccc2)s1. The van der Waals surface area contributed by atoms with Crippen molar-refractivity contribution in [2.75, 3.05) is 12.0 Å². The highest BCUT2D eigenvalue weighted by Crippen LogP contribution is 2.35. The van der Waals surface area contributed by atoms with Crippen LogP contribution in [0.3, 0.4) is 0 Å². The average Bonchev–Trinajstić information content (AvgIpc) is 3.50. The van der Waals surface area contributed by atoms with E-state index in [9.17, 15) is 4.79 Å². The Labute approximate surface area is 198 Å². The summed E-state index contributed by atoms with van der Waals surface area (Å²) in [5, 5.41) is 17.1. The third kappa shape index (κ3) is 4.44. The average molecular weight is 477 g/mol. The molecule has 5 nitrogen and oxygen atoms in total. The highest BCUT2D eigenvalue weighted by molar-refractivity contribution is 8.03. The number of amides is 1. The van der Waals surface area contributed by atoms with Gasteiger partial charge in [0, 0.05) is 6.42 Å². The van der Waals surface area contributed by atoms with Crippen LogP contribution in [-0.4, -0.2) is 38.8 Å². The molecule has 0 N–H and O–H groups in total. The van der Waals surface area contributed by atoms with E-state index in [1.807, 2.05) is 36.6 Å². The normalized spacial score (nSPS) is 15.8. The summed E-state index contributed by atoms with van der Waals surface area (Å²) in [5.74, 6) is 0.251. The lowest BCUT2D eigenvalue weighted by molar-refractivity contribution is -0.130. The molecule has 1 aromatic heterocycles. The summed E-state index contributed by atoms with van der Waals surface area (Å²) >= 11 is 4.49. The third-order valence-corrected chi connectivity index (χ3v) is 8.33. The Bertz CT molecular complexity index is 1290. The van der Waals surface area contributed by atoms with Crippen LogP contribution < -0.4 is 0 Å². The summed E-state index contributed by atoms with van der Waals surface area (Å²) in [6.07, 6.45) is 2.66. The van der Waals surface area contributed by atoms with Gasteiger partial charge in [-0.25, -0.2) is 5.01 Å². The minimum atomic E-state index is -0.109. The second-order valence-electron chi connectivity index (χ2n) is 7.30. The van der Waals surface area contributed by atoms with Gasteiger partial charge in [0.15, 0.2) is 8.68 Å². The fraction of sp³-hybridized carbons (Fsp3) is 0.167. The molecule has 1 atom stereocenters. The second kappa shape index (κ2) is 9.44. The number of carbonyl (C=O) groups is 1. The number of hydrogen-bond donors (Lipinski definition) is 0. The molecule has 0 saturated heterocycles. The molecular weight excluding hydrogens is 456 g/mol. The molecule has 3 aromatic carbocycles. The molecule has 0 aliphatic carbocycles. The lowest BCUT2D eigenvalue weighted by atomic mass is 9.97. The third-order valence-electron chi connectivity index (χ3n) is 5.31. The Morgan fingerprint density at radius 2 is 1.75 bits per heavy atom. The van der Waals surface area contributed by atoms with Gasteiger partial charge >= 0.3 is 0 Å². The van der Waals surface area contributed by atoms with Crippen LogP contribution in [0.25, 0.3) is 10.8 Å². The Morgan fingerprint density at radius 3 is 2.53 bits per heavy atom. The van der Waals surface area contributed by atoms with Crippen molar-refractivity contribution in [2.24, 2.45) is 5.10 Å². The number of hydrogen-bond acceptors (Lipinski definition) is 7. The summed E-state index contributed by atoms with van der Waals surface area (Å²) in [4.78, 5) is 13.2. The van der Waals surface area contributed by atoms with E-state index >= 15 is 0 Å². The zero-order valence-electron chi connectivity index (χ0n) is 17.3. The Morgan fingerprint density at radius 1 is 1.00 bits per heavy atom. The number of thioether (sulfide) groups is 2. The molecule has 1 unspecified atom stereocenters. The van der Waals surface area contributed by atoms with Crippen LogP contribution in [0, 0.1) is 0 Å². The number of rotatable bonds is 6. The maximum absolute atomic E-state index is 13.2. The molecule has 32 heavy (non-hydrogen) atoms. The molecule has 4 aromatic rings. The fourth-order valence-electron chi connectivity index (χ4n) is 3.75. The van der Waals surface area contributed by atoms with E-state index in [4.69, 9.17) is 5.10 Å². The van der Waals surface area contributed by atoms with E-state index in [2.05, 4.69) is 52.7 Å². The minimum absolute atomic E-state index is 0.0273. The van der Waals surface area contributed by atoms with E-state index in [1.54, 1.807) is 16.8 Å². The highest BCUT2D eigenvalue weighted by Gasteiger charge is 2.33. The number of aromatic nitrogens is 2. The lowest BCUT2D eigenvalue weighted by Crippen LogP contribution is -2.28. The molecule has 0 radical (unpaired) electrons. The summed E-state index contributed by atoms with van der Waals surface area (Å²) in [5.41, 5.74) is 3.08. The van der Waals surface area contributed by atoms with Crippen molar-refractivity contribution < 1.29 is 4.79 Å². The fourth-order valence-corrected chi connectivity index (χ4v) is 6.04. The van der Waals surface area contributed by atoms with Crippen LogP contribution in [0.15, 0.2) is 86.6 Å². The monoisotopic (exact) mass is 476 g/mol. The summed E-state index contributed by atoms with van der Waals surface area (Å²) in [6.45, 7) is 0. The first-order valence-electron chi connectivity index (χ1n) is 10.2. The van der Waals surface area contributed by atoms with Gasteiger partial charge in [-0.2, -0.15) is 5.10 Å². The molecule has 5 rings (SSSR count). The van der Waals surface area contributed by atoms with E-state index in [0.29, 0.717) is 6.42 Å². The number of fused-ring (bicyclic) bond motifs is 1. The van der Waals surface area contributed by atoms with Gasteiger partial charge in [0.25, 0.3) is 5.91 Å². The van der Waals surface area contributed by atoms with Gasteiger partial charge < -0.3 is 0 Å². The summed E-state index contributed by atoms with van der Waals surface area (Å²) in [7, 11) is 0. The molecule has 1 aliphatic heterocycles. The molecule has 0 fully saturated rings. The van der Waals surface area contributed by atoms with Crippen molar-refractivity contribution in [3.63, 3.8) is 0 Å². The number of carbonyl (C=O) groups excluding carboxylic acids is 1. The summed E-state index contributed by atoms with van der Waals surface area (Å²) in [6, 6.07) is 24.7. The molecular formula is C24H20N4OS3. The topological polar surface area (TPSA) is 58.5 Å². The smallest absolute Gasteiger partial charge is 0.253 e. The maximum Gasteiger partial charge on any atom is 0.253 e. The Balaban J connectivity index is 1.42. The second-order valence-corrected chi connectivity index (χ2v) is 10.6. The van der Waals surface area contributed by atoms with Crippen LogP contribution in [0.4, 0.5) is 0 Å². The van der Waals surface area contributed by atoms with Gasteiger partial charge in [-0.05, 0) is 34.2 Å². The zero-order valence-corrected chi connectivity index (χ0v) is 19.8. The first-order valence-corrected chi connectivity index (χ1v) is 13.2. The van der Waals surface area contributed by atoms with Crippen LogP contribution in [0.2, 0.25) is 0 Å². The number of benzene rings is 3. The quantitative estimate of drug-likeness (QED) is 0.325. The lowest BCUT2D eigenvalue weighted by Gasteiger charge is -2.21. The van der Waals surface area contributed by atoms with Crippen LogP contribution in [-0.2, 0) is 4.79 Å². The van der Waals surface area contributed by atoms with Gasteiger partial charge in [-0.3, -0.25) is 4.79 Å². The van der Waals surface area contributed by atoms with E-state index in [1.165, 1.54) is 33.9 Å². The van der Waals surface area contributed by atoms with Gasteiger partial charge in [0.2, 0.25) is 0 Å². The minimum Gasteiger partial charge on any atom is -0.272 e. The maximum atomic E-state index is 13.2. The van der Waals surface area contributed by atoms with Gasteiger partial charge in [0.1, 0.15) is 0 Å². The highest BCUT2D eigenvalue weighted by atomic mass is 32.2. The van der Waals surface area contributed by atoms with Crippen molar-refractivity contribution in [3.05, 3.63) is 83.9 Å². The van der Waals surface area contributed by atoms with Crippen molar-refractivity contribution in [3.8, 4) is 0 Å². The van der Waals surface area contributed by atoms with E-state index in [-0.39, 0.29) is 17.7 Å². The predicted molar refractivity (Wildman–Crippen MR) is 134 cm³/mol. The molecule has 0 saturated carbocycles. The van der Waals surface area contributed by atoms with Gasteiger partial charge in [-0.1, -0.05) is 102 Å².